The lowest BCUT2D eigenvalue weighted by atomic mass is 10.1. The molecule has 0 aliphatic heterocycles. The molecular weight excluding hydrogens is 264 g/mol. The largest absolute Gasteiger partial charge is 0.341 e. The Labute approximate surface area is 125 Å². The van der Waals surface area contributed by atoms with Crippen LogP contribution in [0.15, 0.2) is 40.9 Å². The molecule has 0 N–H and O–H groups in total. The van der Waals surface area contributed by atoms with Gasteiger partial charge in [-0.15, -0.1) is 0 Å². The molecule has 0 spiro atoms. The summed E-state index contributed by atoms with van der Waals surface area (Å²) in [5.74, 6) is 0.706. The summed E-state index contributed by atoms with van der Waals surface area (Å²) in [6.45, 7) is 7.30. The number of anilines is 1. The lowest BCUT2D eigenvalue weighted by Crippen LogP contribution is -2.21. The van der Waals surface area contributed by atoms with Gasteiger partial charge in [0.05, 0.1) is 5.56 Å². The number of hydrogen-bond acceptors (Lipinski definition) is 4. The van der Waals surface area contributed by atoms with E-state index in [9.17, 15) is 4.79 Å². The van der Waals surface area contributed by atoms with Crippen LogP contribution in [0.1, 0.15) is 26.3 Å². The molecule has 0 unspecified atom stereocenters. The smallest absolute Gasteiger partial charge is 0.235 e. The maximum Gasteiger partial charge on any atom is 0.235 e. The molecular formula is C17H20N2O2. The lowest BCUT2D eigenvalue weighted by molar-refractivity contribution is -0.112. The molecule has 0 aliphatic rings. The van der Waals surface area contributed by atoms with Crippen LogP contribution in [-0.2, 0) is 4.79 Å². The third-order valence-electron chi connectivity index (χ3n) is 3.29. The highest BCUT2D eigenvalue weighted by Crippen LogP contribution is 2.32. The molecule has 0 saturated carbocycles. The summed E-state index contributed by atoms with van der Waals surface area (Å²) >= 11 is 0. The van der Waals surface area contributed by atoms with Crippen LogP contribution < -0.4 is 4.90 Å². The predicted molar refractivity (Wildman–Crippen MR) is 85.2 cm³/mol. The first-order valence-electron chi connectivity index (χ1n) is 7.16. The van der Waals surface area contributed by atoms with Gasteiger partial charge in [0.2, 0.25) is 5.88 Å². The fourth-order valence-electron chi connectivity index (χ4n) is 2.18. The minimum Gasteiger partial charge on any atom is -0.341 e. The van der Waals surface area contributed by atoms with E-state index >= 15 is 0 Å². The summed E-state index contributed by atoms with van der Waals surface area (Å²) in [5.41, 5.74) is 2.58. The third kappa shape index (κ3) is 3.40. The molecule has 4 heteroatoms. The highest BCUT2D eigenvalue weighted by Gasteiger charge is 2.19. The van der Waals surface area contributed by atoms with Crippen molar-refractivity contribution >= 4 is 17.7 Å². The van der Waals surface area contributed by atoms with E-state index < -0.39 is 0 Å². The van der Waals surface area contributed by atoms with Gasteiger partial charge in [-0.2, -0.15) is 0 Å². The molecule has 21 heavy (non-hydrogen) atoms. The van der Waals surface area contributed by atoms with Crippen molar-refractivity contribution < 1.29 is 9.32 Å². The van der Waals surface area contributed by atoms with Gasteiger partial charge in [0.1, 0.15) is 5.69 Å². The zero-order valence-corrected chi connectivity index (χ0v) is 12.7. The van der Waals surface area contributed by atoms with Crippen molar-refractivity contribution in [1.82, 2.24) is 5.16 Å². The average molecular weight is 284 g/mol. The molecule has 1 aromatic carbocycles. The molecule has 110 valence electrons. The summed E-state index contributed by atoms with van der Waals surface area (Å²) in [7, 11) is 0. The Kier molecular flexibility index (Phi) is 4.93. The summed E-state index contributed by atoms with van der Waals surface area (Å²) < 4.78 is 5.54. The van der Waals surface area contributed by atoms with Gasteiger partial charge in [-0.3, -0.25) is 4.79 Å². The van der Waals surface area contributed by atoms with Gasteiger partial charge in [0.15, 0.2) is 5.78 Å². The van der Waals surface area contributed by atoms with Crippen LogP contribution in [0, 0.1) is 0 Å². The van der Waals surface area contributed by atoms with Crippen molar-refractivity contribution in [2.45, 2.75) is 20.8 Å². The van der Waals surface area contributed by atoms with Crippen LogP contribution in [0.2, 0.25) is 0 Å². The van der Waals surface area contributed by atoms with Crippen LogP contribution in [0.3, 0.4) is 0 Å². The molecule has 1 heterocycles. The Bertz CT molecular complexity index is 625. The molecule has 0 fully saturated rings. The van der Waals surface area contributed by atoms with E-state index in [0.29, 0.717) is 5.88 Å². The fraction of sp³-hybridized carbons (Fsp3) is 0.294. The first-order chi connectivity index (χ1) is 10.2. The molecule has 0 atom stereocenters. The molecule has 2 rings (SSSR count). The maximum absolute atomic E-state index is 11.3. The van der Waals surface area contributed by atoms with Gasteiger partial charge in [-0.25, -0.2) is 0 Å². The number of nitrogens with zero attached hydrogens (tertiary/aromatic N) is 2. The van der Waals surface area contributed by atoms with E-state index in [-0.39, 0.29) is 5.78 Å². The van der Waals surface area contributed by atoms with Crippen LogP contribution in [0.5, 0.6) is 0 Å². The van der Waals surface area contributed by atoms with Gasteiger partial charge >= 0.3 is 0 Å². The van der Waals surface area contributed by atoms with E-state index in [1.807, 2.05) is 30.3 Å². The van der Waals surface area contributed by atoms with Crippen LogP contribution in [0.4, 0.5) is 5.88 Å². The first-order valence-corrected chi connectivity index (χ1v) is 7.16. The summed E-state index contributed by atoms with van der Waals surface area (Å²) in [5, 5.41) is 4.20. The Morgan fingerprint density at radius 1 is 1.24 bits per heavy atom. The Morgan fingerprint density at radius 3 is 2.48 bits per heavy atom. The fourth-order valence-corrected chi connectivity index (χ4v) is 2.18. The van der Waals surface area contributed by atoms with Crippen LogP contribution in [-0.4, -0.2) is 24.0 Å². The van der Waals surface area contributed by atoms with E-state index in [2.05, 4.69) is 23.9 Å². The van der Waals surface area contributed by atoms with Crippen LogP contribution in [0.25, 0.3) is 17.3 Å². The maximum atomic E-state index is 11.3. The predicted octanol–water partition coefficient (Wildman–Crippen LogP) is 3.79. The van der Waals surface area contributed by atoms with Crippen molar-refractivity contribution in [3.8, 4) is 11.3 Å². The summed E-state index contributed by atoms with van der Waals surface area (Å²) in [4.78, 5) is 13.3. The molecule has 4 nitrogen and oxygen atoms in total. The first kappa shape index (κ1) is 15.0. The number of hydrogen-bond donors (Lipinski definition) is 0. The van der Waals surface area contributed by atoms with Crippen LogP contribution >= 0.6 is 0 Å². The van der Waals surface area contributed by atoms with Gasteiger partial charge in [0.25, 0.3) is 0 Å². The minimum absolute atomic E-state index is 0.000656. The van der Waals surface area contributed by atoms with Gasteiger partial charge in [0, 0.05) is 18.7 Å². The Balaban J connectivity index is 2.53. The quantitative estimate of drug-likeness (QED) is 0.757. The molecule has 0 saturated heterocycles. The second-order valence-corrected chi connectivity index (χ2v) is 4.73. The molecule has 0 radical (unpaired) electrons. The number of rotatable bonds is 6. The number of benzene rings is 1. The van der Waals surface area contributed by atoms with Gasteiger partial charge in [-0.1, -0.05) is 35.5 Å². The molecule has 0 aliphatic carbocycles. The van der Waals surface area contributed by atoms with Crippen molar-refractivity contribution in [3.05, 3.63) is 42.0 Å². The monoisotopic (exact) mass is 284 g/mol. The highest BCUT2D eigenvalue weighted by atomic mass is 16.5. The van der Waals surface area contributed by atoms with Gasteiger partial charge < -0.3 is 9.42 Å². The second kappa shape index (κ2) is 6.88. The normalized spacial score (nSPS) is 11.0. The van der Waals surface area contributed by atoms with E-state index in [1.165, 1.54) is 6.92 Å². The lowest BCUT2D eigenvalue weighted by Gasteiger charge is -2.17. The zero-order chi connectivity index (χ0) is 15.2. The number of allylic oxidation sites excluding steroid dienone is 1. The highest BCUT2D eigenvalue weighted by molar-refractivity contribution is 5.93. The number of carbonyl (C=O) groups is 1. The zero-order valence-electron chi connectivity index (χ0n) is 12.7. The Morgan fingerprint density at radius 2 is 1.90 bits per heavy atom. The van der Waals surface area contributed by atoms with E-state index in [4.69, 9.17) is 4.52 Å². The molecule has 0 bridgehead atoms. The van der Waals surface area contributed by atoms with E-state index in [0.717, 1.165) is 29.9 Å². The molecule has 0 amide bonds. The molecule has 2 aromatic rings. The van der Waals surface area contributed by atoms with Crippen molar-refractivity contribution in [3.63, 3.8) is 0 Å². The van der Waals surface area contributed by atoms with Crippen molar-refractivity contribution in [2.75, 3.05) is 18.0 Å². The average Bonchev–Trinajstić information content (AvgIpc) is 2.91. The second-order valence-electron chi connectivity index (χ2n) is 4.73. The third-order valence-corrected chi connectivity index (χ3v) is 3.29. The molecule has 1 aromatic heterocycles. The van der Waals surface area contributed by atoms with Crippen molar-refractivity contribution in [2.24, 2.45) is 0 Å². The topological polar surface area (TPSA) is 46.3 Å². The number of carbonyl (C=O) groups excluding carboxylic acids is 1. The Hall–Kier alpha value is -2.36. The van der Waals surface area contributed by atoms with Crippen molar-refractivity contribution in [1.29, 1.82) is 0 Å². The summed E-state index contributed by atoms with van der Waals surface area (Å²) in [6, 6.07) is 9.84. The van der Waals surface area contributed by atoms with Gasteiger partial charge in [-0.05, 0) is 32.9 Å². The standard InChI is InChI=1S/C17H20N2O2/c1-4-19(5-2)17-15(12-11-13(3)20)16(18-21-17)14-9-7-6-8-10-14/h6-12H,4-5H2,1-3H3. The van der Waals surface area contributed by atoms with E-state index in [1.54, 1.807) is 12.2 Å². The summed E-state index contributed by atoms with van der Waals surface area (Å²) in [6.07, 6.45) is 3.33. The number of aromatic nitrogens is 1. The SMILES string of the molecule is CCN(CC)c1onc(-c2ccccc2)c1C=CC(C)=O. The minimum atomic E-state index is 0.000656. The number of ketones is 1.